The van der Waals surface area contributed by atoms with Gasteiger partial charge in [-0.15, -0.1) is 13.2 Å². The molecule has 0 unspecified atom stereocenters. The Bertz CT molecular complexity index is 1030. The lowest BCUT2D eigenvalue weighted by molar-refractivity contribution is -0.274. The van der Waals surface area contributed by atoms with Gasteiger partial charge in [0.15, 0.2) is 0 Å². The maximum absolute atomic E-state index is 12.4. The molecule has 4 rings (SSSR count). The number of alkyl halides is 3. The zero-order valence-corrected chi connectivity index (χ0v) is 15.8. The summed E-state index contributed by atoms with van der Waals surface area (Å²) in [5.41, 5.74) is 2.32. The molecular formula is C20H19F3N4O3. The van der Waals surface area contributed by atoms with Crippen molar-refractivity contribution in [2.75, 3.05) is 31.6 Å². The number of benzene rings is 2. The Balaban J connectivity index is 1.42. The molecular weight excluding hydrogens is 401 g/mol. The highest BCUT2D eigenvalue weighted by molar-refractivity contribution is 6.05. The highest BCUT2D eigenvalue weighted by Gasteiger charge is 2.31. The summed E-state index contributed by atoms with van der Waals surface area (Å²) in [7, 11) is 0. The molecule has 1 fully saturated rings. The maximum atomic E-state index is 12.4. The molecule has 7 nitrogen and oxygen atoms in total. The van der Waals surface area contributed by atoms with Crippen molar-refractivity contribution in [1.82, 2.24) is 14.9 Å². The predicted molar refractivity (Wildman–Crippen MR) is 103 cm³/mol. The van der Waals surface area contributed by atoms with Gasteiger partial charge in [0.05, 0.1) is 30.8 Å². The number of H-pyrrole nitrogens is 1. The van der Waals surface area contributed by atoms with Crippen LogP contribution in [0, 0.1) is 0 Å². The third-order valence-corrected chi connectivity index (χ3v) is 4.62. The van der Waals surface area contributed by atoms with Gasteiger partial charge in [0.1, 0.15) is 11.6 Å². The summed E-state index contributed by atoms with van der Waals surface area (Å²) in [6.07, 6.45) is -4.77. The summed E-state index contributed by atoms with van der Waals surface area (Å²) < 4.78 is 45.8. The average molecular weight is 420 g/mol. The van der Waals surface area contributed by atoms with Gasteiger partial charge in [-0.2, -0.15) is 0 Å². The highest BCUT2D eigenvalue weighted by Crippen LogP contribution is 2.23. The Morgan fingerprint density at radius 3 is 2.60 bits per heavy atom. The summed E-state index contributed by atoms with van der Waals surface area (Å²) in [4.78, 5) is 22.5. The van der Waals surface area contributed by atoms with Gasteiger partial charge in [-0.3, -0.25) is 9.69 Å². The third-order valence-electron chi connectivity index (χ3n) is 4.62. The molecule has 0 spiro atoms. The number of rotatable bonds is 5. The molecule has 0 aliphatic carbocycles. The van der Waals surface area contributed by atoms with Crippen LogP contribution in [0.3, 0.4) is 0 Å². The van der Waals surface area contributed by atoms with Crippen LogP contribution in [0.2, 0.25) is 0 Å². The van der Waals surface area contributed by atoms with Crippen molar-refractivity contribution in [3.8, 4) is 5.75 Å². The number of ether oxygens (including phenoxy) is 2. The van der Waals surface area contributed by atoms with Gasteiger partial charge in [0.25, 0.3) is 5.91 Å². The number of fused-ring (bicyclic) bond motifs is 1. The van der Waals surface area contributed by atoms with E-state index in [-0.39, 0.29) is 11.3 Å². The minimum Gasteiger partial charge on any atom is -0.406 e. The van der Waals surface area contributed by atoms with Gasteiger partial charge < -0.3 is 19.8 Å². The molecule has 1 aromatic heterocycles. The number of hydrogen-bond acceptors (Lipinski definition) is 5. The van der Waals surface area contributed by atoms with E-state index in [0.717, 1.165) is 42.1 Å². The van der Waals surface area contributed by atoms with Crippen molar-refractivity contribution < 1.29 is 27.4 Å². The molecule has 0 atom stereocenters. The quantitative estimate of drug-likeness (QED) is 0.660. The Labute approximate surface area is 169 Å². The number of halogens is 3. The Hall–Kier alpha value is -3.11. The fraction of sp³-hybridized carbons (Fsp3) is 0.300. The normalized spacial score (nSPS) is 15.3. The average Bonchev–Trinajstić information content (AvgIpc) is 3.09. The van der Waals surface area contributed by atoms with Crippen LogP contribution in [0.1, 0.15) is 16.2 Å². The number of morpholine rings is 1. The molecule has 1 saturated heterocycles. The van der Waals surface area contributed by atoms with Crippen molar-refractivity contribution in [3.63, 3.8) is 0 Å². The van der Waals surface area contributed by atoms with Crippen LogP contribution in [0.15, 0.2) is 42.5 Å². The first-order valence-corrected chi connectivity index (χ1v) is 9.32. The minimum atomic E-state index is -4.77. The second-order valence-electron chi connectivity index (χ2n) is 6.83. The molecule has 2 heterocycles. The first-order chi connectivity index (χ1) is 14.4. The second-order valence-corrected chi connectivity index (χ2v) is 6.83. The number of imidazole rings is 1. The summed E-state index contributed by atoms with van der Waals surface area (Å²) in [5, 5.41) is 2.73. The number of hydrogen-bond donors (Lipinski definition) is 2. The SMILES string of the molecule is O=C(Nc1ccc2nc(CN3CCOCC3)[nH]c2c1)c1ccc(OC(F)(F)F)cc1. The van der Waals surface area contributed by atoms with Crippen LogP contribution >= 0.6 is 0 Å². The van der Waals surface area contributed by atoms with Crippen molar-refractivity contribution in [2.24, 2.45) is 0 Å². The second kappa shape index (κ2) is 8.33. The fourth-order valence-corrected chi connectivity index (χ4v) is 3.20. The largest absolute Gasteiger partial charge is 0.573 e. The molecule has 2 N–H and O–H groups in total. The van der Waals surface area contributed by atoms with E-state index in [1.54, 1.807) is 18.2 Å². The van der Waals surface area contributed by atoms with Gasteiger partial charge >= 0.3 is 6.36 Å². The number of carbonyl (C=O) groups excluding carboxylic acids is 1. The summed E-state index contributed by atoms with van der Waals surface area (Å²) in [6, 6.07) is 10.0. The van der Waals surface area contributed by atoms with Crippen molar-refractivity contribution in [3.05, 3.63) is 53.9 Å². The number of anilines is 1. The molecule has 2 aromatic carbocycles. The fourth-order valence-electron chi connectivity index (χ4n) is 3.20. The van der Waals surface area contributed by atoms with Crippen LogP contribution in [0.5, 0.6) is 5.75 Å². The minimum absolute atomic E-state index is 0.210. The summed E-state index contributed by atoms with van der Waals surface area (Å²) in [5.74, 6) is 0.00215. The number of amides is 1. The molecule has 0 saturated carbocycles. The standard InChI is InChI=1S/C20H19F3N4O3/c21-20(22,23)30-15-4-1-13(2-5-15)19(28)24-14-3-6-16-17(11-14)26-18(25-16)12-27-7-9-29-10-8-27/h1-6,11H,7-10,12H2,(H,24,28)(H,25,26). The number of aromatic amines is 1. The molecule has 0 bridgehead atoms. The van der Waals surface area contributed by atoms with Crippen LogP contribution in [-0.2, 0) is 11.3 Å². The number of aromatic nitrogens is 2. The molecule has 3 aromatic rings. The summed E-state index contributed by atoms with van der Waals surface area (Å²) in [6.45, 7) is 3.81. The molecule has 1 aliphatic heterocycles. The van der Waals surface area contributed by atoms with E-state index in [2.05, 4.69) is 24.9 Å². The number of nitrogens with zero attached hydrogens (tertiary/aromatic N) is 2. The number of nitrogens with one attached hydrogen (secondary N) is 2. The van der Waals surface area contributed by atoms with Gasteiger partial charge in [-0.1, -0.05) is 0 Å². The van der Waals surface area contributed by atoms with Crippen molar-refractivity contribution in [1.29, 1.82) is 0 Å². The van der Waals surface area contributed by atoms with E-state index in [0.29, 0.717) is 25.4 Å². The zero-order chi connectivity index (χ0) is 21.1. The van der Waals surface area contributed by atoms with E-state index in [9.17, 15) is 18.0 Å². The smallest absolute Gasteiger partial charge is 0.406 e. The Morgan fingerprint density at radius 1 is 1.17 bits per heavy atom. The summed E-state index contributed by atoms with van der Waals surface area (Å²) >= 11 is 0. The predicted octanol–water partition coefficient (Wildman–Crippen LogP) is 3.55. The van der Waals surface area contributed by atoms with Crippen LogP contribution in [-0.4, -0.2) is 53.4 Å². The lowest BCUT2D eigenvalue weighted by Gasteiger charge is -2.25. The van der Waals surface area contributed by atoms with E-state index in [4.69, 9.17) is 4.74 Å². The first kappa shape index (κ1) is 20.2. The van der Waals surface area contributed by atoms with Crippen molar-refractivity contribution >= 4 is 22.6 Å². The molecule has 1 amide bonds. The molecule has 0 radical (unpaired) electrons. The molecule has 10 heteroatoms. The third kappa shape index (κ3) is 5.08. The number of carbonyl (C=O) groups is 1. The zero-order valence-electron chi connectivity index (χ0n) is 15.8. The van der Waals surface area contributed by atoms with E-state index < -0.39 is 12.3 Å². The Morgan fingerprint density at radius 2 is 1.90 bits per heavy atom. The first-order valence-electron chi connectivity index (χ1n) is 9.32. The van der Waals surface area contributed by atoms with E-state index in [1.807, 2.05) is 0 Å². The van der Waals surface area contributed by atoms with Gasteiger partial charge in [-0.05, 0) is 42.5 Å². The van der Waals surface area contributed by atoms with Gasteiger partial charge in [0.2, 0.25) is 0 Å². The molecule has 158 valence electrons. The van der Waals surface area contributed by atoms with Crippen molar-refractivity contribution in [2.45, 2.75) is 12.9 Å². The maximum Gasteiger partial charge on any atom is 0.573 e. The lowest BCUT2D eigenvalue weighted by atomic mass is 10.2. The van der Waals surface area contributed by atoms with E-state index >= 15 is 0 Å². The van der Waals surface area contributed by atoms with Gasteiger partial charge in [-0.25, -0.2) is 4.98 Å². The lowest BCUT2D eigenvalue weighted by Crippen LogP contribution is -2.35. The van der Waals surface area contributed by atoms with Gasteiger partial charge in [0, 0.05) is 24.3 Å². The van der Waals surface area contributed by atoms with Crippen LogP contribution in [0.4, 0.5) is 18.9 Å². The Kier molecular flexibility index (Phi) is 5.60. The highest BCUT2D eigenvalue weighted by atomic mass is 19.4. The molecule has 30 heavy (non-hydrogen) atoms. The van der Waals surface area contributed by atoms with Crippen LogP contribution in [0.25, 0.3) is 11.0 Å². The monoisotopic (exact) mass is 420 g/mol. The topological polar surface area (TPSA) is 79.5 Å². The van der Waals surface area contributed by atoms with Crippen LogP contribution < -0.4 is 10.1 Å². The molecule has 1 aliphatic rings. The van der Waals surface area contributed by atoms with E-state index in [1.165, 1.54) is 12.1 Å².